The van der Waals surface area contributed by atoms with Gasteiger partial charge >= 0.3 is 11.9 Å². The van der Waals surface area contributed by atoms with Gasteiger partial charge in [-0.3, -0.25) is 4.79 Å². The minimum atomic E-state index is -1.12. The minimum absolute atomic E-state index is 0.00888. The number of rotatable bonds is 4. The smallest absolute Gasteiger partial charge is 0.351 e. The summed E-state index contributed by atoms with van der Waals surface area (Å²) in [6.07, 6.45) is -1.12. The van der Waals surface area contributed by atoms with E-state index >= 15 is 0 Å². The number of fused-ring (bicyclic) bond motifs is 1. The highest BCUT2D eigenvalue weighted by Gasteiger charge is 2.27. The summed E-state index contributed by atoms with van der Waals surface area (Å²) in [7, 11) is 1.23. The average Bonchev–Trinajstić information content (AvgIpc) is 2.90. The predicted octanol–water partition coefficient (Wildman–Crippen LogP) is 1.57. The quantitative estimate of drug-likeness (QED) is 0.616. The lowest BCUT2D eigenvalue weighted by Gasteiger charge is -2.15. The summed E-state index contributed by atoms with van der Waals surface area (Å²) in [4.78, 5) is 23.0. The molecule has 0 aromatic heterocycles. The van der Waals surface area contributed by atoms with Gasteiger partial charge < -0.3 is 18.9 Å². The van der Waals surface area contributed by atoms with Gasteiger partial charge in [-0.15, -0.1) is 0 Å². The number of alkyl halides is 1. The van der Waals surface area contributed by atoms with Crippen LogP contribution in [0.15, 0.2) is 18.2 Å². The Bertz CT molecular complexity index is 501. The van der Waals surface area contributed by atoms with Crippen molar-refractivity contribution in [1.82, 2.24) is 0 Å². The van der Waals surface area contributed by atoms with Crippen LogP contribution >= 0.6 is 15.9 Å². The van der Waals surface area contributed by atoms with Crippen LogP contribution < -0.4 is 9.47 Å². The molecule has 0 saturated heterocycles. The number of hydrogen-bond acceptors (Lipinski definition) is 6. The third-order valence-corrected chi connectivity index (χ3v) is 2.93. The van der Waals surface area contributed by atoms with Crippen molar-refractivity contribution >= 4 is 27.9 Å². The number of carbonyl (C=O) groups excluding carboxylic acids is 2. The number of ether oxygens (including phenoxy) is 4. The van der Waals surface area contributed by atoms with E-state index in [2.05, 4.69) is 20.7 Å². The van der Waals surface area contributed by atoms with E-state index in [4.69, 9.17) is 14.2 Å². The predicted molar refractivity (Wildman–Crippen MR) is 67.2 cm³/mol. The van der Waals surface area contributed by atoms with E-state index < -0.39 is 18.0 Å². The summed E-state index contributed by atoms with van der Waals surface area (Å²) in [6.45, 7) is 0.128. The molecule has 1 aliphatic rings. The van der Waals surface area contributed by atoms with Crippen molar-refractivity contribution in [3.8, 4) is 11.5 Å². The SMILES string of the molecule is COC(=O)C(OC(=O)CBr)c1ccc2c(c1)OCO2. The molecular formula is C12H11BrO6. The van der Waals surface area contributed by atoms with E-state index in [0.29, 0.717) is 17.1 Å². The van der Waals surface area contributed by atoms with E-state index in [-0.39, 0.29) is 12.1 Å². The topological polar surface area (TPSA) is 71.1 Å². The molecule has 6 nitrogen and oxygen atoms in total. The zero-order valence-electron chi connectivity index (χ0n) is 10.1. The summed E-state index contributed by atoms with van der Waals surface area (Å²) in [5, 5.41) is -0.00888. The molecule has 2 rings (SSSR count). The van der Waals surface area contributed by atoms with Crippen molar-refractivity contribution in [3.63, 3.8) is 0 Å². The third kappa shape index (κ3) is 2.98. The molecule has 1 aromatic rings. The summed E-state index contributed by atoms with van der Waals surface area (Å²) in [5.74, 6) is -0.137. The Kier molecular flexibility index (Phi) is 4.26. The van der Waals surface area contributed by atoms with Crippen LogP contribution in [0.4, 0.5) is 0 Å². The highest BCUT2D eigenvalue weighted by atomic mass is 79.9. The fourth-order valence-corrected chi connectivity index (χ4v) is 1.73. The second-order valence-corrected chi connectivity index (χ2v) is 4.20. The molecule has 1 aromatic carbocycles. The molecule has 19 heavy (non-hydrogen) atoms. The number of methoxy groups -OCH3 is 1. The Labute approximate surface area is 117 Å². The van der Waals surface area contributed by atoms with Crippen LogP contribution in [0.3, 0.4) is 0 Å². The van der Waals surface area contributed by atoms with E-state index in [9.17, 15) is 9.59 Å². The van der Waals surface area contributed by atoms with Crippen molar-refractivity contribution in [3.05, 3.63) is 23.8 Å². The van der Waals surface area contributed by atoms with Gasteiger partial charge in [-0.2, -0.15) is 0 Å². The van der Waals surface area contributed by atoms with Gasteiger partial charge in [0.2, 0.25) is 12.9 Å². The zero-order valence-corrected chi connectivity index (χ0v) is 11.6. The molecule has 1 heterocycles. The van der Waals surface area contributed by atoms with Crippen LogP contribution in [-0.4, -0.2) is 31.2 Å². The largest absolute Gasteiger partial charge is 0.466 e. The van der Waals surface area contributed by atoms with E-state index in [1.54, 1.807) is 18.2 Å². The van der Waals surface area contributed by atoms with Gasteiger partial charge in [0.05, 0.1) is 7.11 Å². The highest BCUT2D eigenvalue weighted by Crippen LogP contribution is 2.35. The summed E-state index contributed by atoms with van der Waals surface area (Å²) in [6, 6.07) is 4.86. The first-order valence-corrected chi connectivity index (χ1v) is 6.50. The van der Waals surface area contributed by atoms with Crippen LogP contribution in [0.25, 0.3) is 0 Å². The van der Waals surface area contributed by atoms with Gasteiger partial charge in [-0.05, 0) is 12.1 Å². The number of esters is 2. The lowest BCUT2D eigenvalue weighted by molar-refractivity contribution is -0.164. The van der Waals surface area contributed by atoms with Crippen LogP contribution in [-0.2, 0) is 19.1 Å². The third-order valence-electron chi connectivity index (χ3n) is 2.47. The van der Waals surface area contributed by atoms with Gasteiger partial charge in [0.1, 0.15) is 5.33 Å². The van der Waals surface area contributed by atoms with Crippen molar-refractivity contribution in [2.24, 2.45) is 0 Å². The van der Waals surface area contributed by atoms with Gasteiger partial charge in [0, 0.05) is 5.56 Å². The molecule has 0 saturated carbocycles. The summed E-state index contributed by atoms with van der Waals surface area (Å²) in [5.41, 5.74) is 0.463. The Morgan fingerprint density at radius 2 is 2.11 bits per heavy atom. The summed E-state index contributed by atoms with van der Waals surface area (Å²) >= 11 is 2.97. The van der Waals surface area contributed by atoms with E-state index in [1.165, 1.54) is 7.11 Å². The fourth-order valence-electron chi connectivity index (χ4n) is 1.60. The molecule has 1 unspecified atom stereocenters. The summed E-state index contributed by atoms with van der Waals surface area (Å²) < 4.78 is 20.0. The van der Waals surface area contributed by atoms with Gasteiger partial charge in [0.15, 0.2) is 11.5 Å². The maximum absolute atomic E-state index is 11.7. The second-order valence-electron chi connectivity index (χ2n) is 3.64. The van der Waals surface area contributed by atoms with Gasteiger partial charge in [-0.25, -0.2) is 4.79 Å². The molecular weight excluding hydrogens is 320 g/mol. The molecule has 1 atom stereocenters. The van der Waals surface area contributed by atoms with E-state index in [1.807, 2.05) is 0 Å². The molecule has 0 bridgehead atoms. The number of halogens is 1. The standard InChI is InChI=1S/C12H11BrO6/c1-16-12(15)11(19-10(14)5-13)7-2-3-8-9(4-7)18-6-17-8/h2-4,11H,5-6H2,1H3. The van der Waals surface area contributed by atoms with Crippen molar-refractivity contribution in [2.75, 3.05) is 19.2 Å². The molecule has 0 radical (unpaired) electrons. The Morgan fingerprint density at radius 3 is 2.79 bits per heavy atom. The lowest BCUT2D eigenvalue weighted by atomic mass is 10.1. The van der Waals surface area contributed by atoms with Crippen LogP contribution in [0, 0.1) is 0 Å². The molecule has 0 spiro atoms. The molecule has 0 fully saturated rings. The Morgan fingerprint density at radius 1 is 1.37 bits per heavy atom. The molecule has 0 amide bonds. The van der Waals surface area contributed by atoms with Gasteiger partial charge in [0.25, 0.3) is 0 Å². The van der Waals surface area contributed by atoms with Crippen molar-refractivity contribution in [2.45, 2.75) is 6.10 Å². The number of hydrogen-bond donors (Lipinski definition) is 0. The molecule has 0 N–H and O–H groups in total. The first-order valence-electron chi connectivity index (χ1n) is 5.38. The van der Waals surface area contributed by atoms with E-state index in [0.717, 1.165) is 0 Å². The van der Waals surface area contributed by atoms with Crippen LogP contribution in [0.5, 0.6) is 11.5 Å². The number of benzene rings is 1. The normalized spacial score (nSPS) is 13.8. The minimum Gasteiger partial charge on any atom is -0.466 e. The average molecular weight is 331 g/mol. The Hall–Kier alpha value is -1.76. The second kappa shape index (κ2) is 5.92. The van der Waals surface area contributed by atoms with Gasteiger partial charge in [-0.1, -0.05) is 22.0 Å². The lowest BCUT2D eigenvalue weighted by Crippen LogP contribution is -2.21. The van der Waals surface area contributed by atoms with Crippen molar-refractivity contribution in [1.29, 1.82) is 0 Å². The first-order chi connectivity index (χ1) is 9.15. The number of carbonyl (C=O) groups is 2. The zero-order chi connectivity index (χ0) is 13.8. The highest BCUT2D eigenvalue weighted by molar-refractivity contribution is 9.09. The first kappa shape index (κ1) is 13.7. The van der Waals surface area contributed by atoms with Crippen LogP contribution in [0.2, 0.25) is 0 Å². The van der Waals surface area contributed by atoms with Crippen LogP contribution in [0.1, 0.15) is 11.7 Å². The maximum Gasteiger partial charge on any atom is 0.351 e. The van der Waals surface area contributed by atoms with Crippen molar-refractivity contribution < 1.29 is 28.5 Å². The molecule has 7 heteroatoms. The maximum atomic E-state index is 11.7. The Balaban J connectivity index is 2.27. The monoisotopic (exact) mass is 330 g/mol. The molecule has 102 valence electrons. The fraction of sp³-hybridized carbons (Fsp3) is 0.333. The molecule has 1 aliphatic heterocycles. The molecule has 0 aliphatic carbocycles.